The van der Waals surface area contributed by atoms with Crippen molar-refractivity contribution in [2.24, 2.45) is 0 Å². The summed E-state index contributed by atoms with van der Waals surface area (Å²) in [6.07, 6.45) is 1.04. The molecule has 1 N–H and O–H groups in total. The van der Waals surface area contributed by atoms with Crippen LogP contribution in [0.4, 0.5) is 0 Å². The summed E-state index contributed by atoms with van der Waals surface area (Å²) < 4.78 is 5.27. The predicted octanol–water partition coefficient (Wildman–Crippen LogP) is 2.34. The highest BCUT2D eigenvalue weighted by molar-refractivity contribution is 7.80. The van der Waals surface area contributed by atoms with Gasteiger partial charge in [-0.25, -0.2) is 0 Å². The molecule has 18 heavy (non-hydrogen) atoms. The van der Waals surface area contributed by atoms with Gasteiger partial charge in [-0.2, -0.15) is 0 Å². The number of nitrogens with zero attached hydrogens (tertiary/aromatic N) is 1. The lowest BCUT2D eigenvalue weighted by atomic mass is 10.00. The summed E-state index contributed by atoms with van der Waals surface area (Å²) in [6, 6.07) is 6.67. The van der Waals surface area contributed by atoms with Crippen LogP contribution in [0.3, 0.4) is 0 Å². The van der Waals surface area contributed by atoms with E-state index in [2.05, 4.69) is 36.2 Å². The van der Waals surface area contributed by atoms with Crippen molar-refractivity contribution in [2.75, 3.05) is 13.7 Å². The Morgan fingerprint density at radius 2 is 2.17 bits per heavy atom. The van der Waals surface area contributed by atoms with Crippen LogP contribution < -0.4 is 10.1 Å². The van der Waals surface area contributed by atoms with E-state index < -0.39 is 0 Å². The molecule has 1 aliphatic rings. The molecule has 0 unspecified atom stereocenters. The van der Waals surface area contributed by atoms with Crippen LogP contribution in [0.5, 0.6) is 5.75 Å². The molecule has 0 atom stereocenters. The average Bonchev–Trinajstić information content (AvgIpc) is 2.36. The van der Waals surface area contributed by atoms with Gasteiger partial charge < -0.3 is 15.0 Å². The van der Waals surface area contributed by atoms with Gasteiger partial charge in [-0.15, -0.1) is 0 Å². The molecule has 1 aromatic carbocycles. The normalized spacial score (nSPS) is 14.3. The second kappa shape index (κ2) is 5.57. The van der Waals surface area contributed by atoms with Gasteiger partial charge in [-0.05, 0) is 55.7 Å². The first-order valence-corrected chi connectivity index (χ1v) is 6.72. The van der Waals surface area contributed by atoms with Crippen molar-refractivity contribution in [3.8, 4) is 5.75 Å². The highest BCUT2D eigenvalue weighted by Gasteiger charge is 2.19. The Morgan fingerprint density at radius 1 is 1.39 bits per heavy atom. The molecule has 0 aliphatic carbocycles. The number of nitrogens with one attached hydrogen (secondary N) is 1. The number of benzene rings is 1. The smallest absolute Gasteiger partial charge is 0.169 e. The van der Waals surface area contributed by atoms with Crippen molar-refractivity contribution < 1.29 is 4.74 Å². The summed E-state index contributed by atoms with van der Waals surface area (Å²) >= 11 is 5.42. The van der Waals surface area contributed by atoms with E-state index in [4.69, 9.17) is 17.0 Å². The second-order valence-corrected chi connectivity index (χ2v) is 5.30. The first-order chi connectivity index (χ1) is 8.60. The number of rotatable bonds is 2. The second-order valence-electron chi connectivity index (χ2n) is 4.91. The highest BCUT2D eigenvalue weighted by atomic mass is 32.1. The third-order valence-electron chi connectivity index (χ3n) is 3.13. The molecule has 0 radical (unpaired) electrons. The van der Waals surface area contributed by atoms with E-state index in [-0.39, 0.29) is 0 Å². The van der Waals surface area contributed by atoms with Crippen LogP contribution in [-0.4, -0.2) is 29.7 Å². The Kier molecular flexibility index (Phi) is 4.07. The van der Waals surface area contributed by atoms with E-state index >= 15 is 0 Å². The number of hydrogen-bond acceptors (Lipinski definition) is 2. The number of hydrogen-bond donors (Lipinski definition) is 1. The molecule has 0 saturated heterocycles. The first kappa shape index (κ1) is 13.1. The lowest BCUT2D eigenvalue weighted by molar-refractivity contribution is 0.378. The molecule has 0 fully saturated rings. The molecule has 0 saturated carbocycles. The number of fused-ring (bicyclic) bond motifs is 1. The molecule has 3 nitrogen and oxygen atoms in total. The fraction of sp³-hybridized carbons (Fsp3) is 0.500. The number of methoxy groups -OCH3 is 1. The van der Waals surface area contributed by atoms with Crippen molar-refractivity contribution in [3.63, 3.8) is 0 Å². The standard InChI is InChI=1S/C14H20N2OS/c1-10(2)15-14(18)16-7-6-11-4-5-13(17-3)8-12(11)9-16/h4-5,8,10H,6-7,9H2,1-3H3,(H,15,18). The lowest BCUT2D eigenvalue weighted by Gasteiger charge is -2.32. The molecule has 2 rings (SSSR count). The van der Waals surface area contributed by atoms with Gasteiger partial charge in [0.2, 0.25) is 0 Å². The van der Waals surface area contributed by atoms with Crippen molar-refractivity contribution >= 4 is 17.3 Å². The molecule has 0 bridgehead atoms. The molecule has 1 aromatic rings. The molecule has 0 amide bonds. The van der Waals surface area contributed by atoms with Gasteiger partial charge in [0.15, 0.2) is 5.11 Å². The van der Waals surface area contributed by atoms with E-state index in [1.54, 1.807) is 7.11 Å². The summed E-state index contributed by atoms with van der Waals surface area (Å²) in [5, 5.41) is 4.14. The summed E-state index contributed by atoms with van der Waals surface area (Å²) in [4.78, 5) is 2.22. The average molecular weight is 264 g/mol. The summed E-state index contributed by atoms with van der Waals surface area (Å²) in [7, 11) is 1.70. The van der Waals surface area contributed by atoms with Crippen molar-refractivity contribution in [1.29, 1.82) is 0 Å². The fourth-order valence-corrected chi connectivity index (χ4v) is 2.56. The van der Waals surface area contributed by atoms with E-state index in [0.717, 1.165) is 30.4 Å². The molecule has 1 heterocycles. The summed E-state index contributed by atoms with van der Waals surface area (Å²) in [6.45, 7) is 6.06. The molecule has 0 spiro atoms. The van der Waals surface area contributed by atoms with Gasteiger partial charge in [0.05, 0.1) is 7.11 Å². The number of ether oxygens (including phenoxy) is 1. The predicted molar refractivity (Wildman–Crippen MR) is 78.0 cm³/mol. The monoisotopic (exact) mass is 264 g/mol. The summed E-state index contributed by atoms with van der Waals surface area (Å²) in [5.74, 6) is 0.915. The largest absolute Gasteiger partial charge is 0.497 e. The minimum absolute atomic E-state index is 0.379. The minimum Gasteiger partial charge on any atom is -0.497 e. The van der Waals surface area contributed by atoms with E-state index in [1.807, 2.05) is 6.07 Å². The maximum atomic E-state index is 5.42. The Morgan fingerprint density at radius 3 is 2.83 bits per heavy atom. The molecule has 0 aromatic heterocycles. The molecule has 1 aliphatic heterocycles. The Bertz CT molecular complexity index is 445. The van der Waals surface area contributed by atoms with Gasteiger partial charge in [-0.3, -0.25) is 0 Å². The summed E-state index contributed by atoms with van der Waals surface area (Å²) in [5.41, 5.74) is 2.72. The molecule has 4 heteroatoms. The van der Waals surface area contributed by atoms with Gasteiger partial charge in [0.25, 0.3) is 0 Å². The van der Waals surface area contributed by atoms with Gasteiger partial charge in [0.1, 0.15) is 5.75 Å². The van der Waals surface area contributed by atoms with Crippen LogP contribution >= 0.6 is 12.2 Å². The van der Waals surface area contributed by atoms with Gasteiger partial charge >= 0.3 is 0 Å². The van der Waals surface area contributed by atoms with E-state index in [9.17, 15) is 0 Å². The Labute approximate surface area is 114 Å². The first-order valence-electron chi connectivity index (χ1n) is 6.31. The zero-order valence-electron chi connectivity index (χ0n) is 11.2. The van der Waals surface area contributed by atoms with Crippen LogP contribution in [-0.2, 0) is 13.0 Å². The third-order valence-corrected chi connectivity index (χ3v) is 3.50. The van der Waals surface area contributed by atoms with E-state index in [1.165, 1.54) is 11.1 Å². The number of thiocarbonyl (C=S) groups is 1. The minimum atomic E-state index is 0.379. The van der Waals surface area contributed by atoms with Crippen LogP contribution in [0.2, 0.25) is 0 Å². The van der Waals surface area contributed by atoms with Crippen LogP contribution in [0.25, 0.3) is 0 Å². The van der Waals surface area contributed by atoms with Crippen molar-refractivity contribution in [3.05, 3.63) is 29.3 Å². The van der Waals surface area contributed by atoms with Crippen LogP contribution in [0, 0.1) is 0 Å². The molecule has 98 valence electrons. The Hall–Kier alpha value is -1.29. The lowest BCUT2D eigenvalue weighted by Crippen LogP contribution is -2.44. The van der Waals surface area contributed by atoms with Crippen molar-refractivity contribution in [2.45, 2.75) is 32.9 Å². The van der Waals surface area contributed by atoms with E-state index in [0.29, 0.717) is 6.04 Å². The van der Waals surface area contributed by atoms with Crippen molar-refractivity contribution in [1.82, 2.24) is 10.2 Å². The topological polar surface area (TPSA) is 24.5 Å². The zero-order chi connectivity index (χ0) is 13.1. The molecular weight excluding hydrogens is 244 g/mol. The quantitative estimate of drug-likeness (QED) is 0.829. The maximum Gasteiger partial charge on any atom is 0.169 e. The fourth-order valence-electron chi connectivity index (χ4n) is 2.17. The molecular formula is C14H20N2OS. The zero-order valence-corrected chi connectivity index (χ0v) is 12.0. The van der Waals surface area contributed by atoms with Gasteiger partial charge in [-0.1, -0.05) is 6.07 Å². The maximum absolute atomic E-state index is 5.42. The third kappa shape index (κ3) is 2.93. The van der Waals surface area contributed by atoms with Gasteiger partial charge in [0, 0.05) is 19.1 Å². The van der Waals surface area contributed by atoms with Crippen LogP contribution in [0.1, 0.15) is 25.0 Å². The Balaban J connectivity index is 2.11. The highest BCUT2D eigenvalue weighted by Crippen LogP contribution is 2.23. The SMILES string of the molecule is COc1ccc2c(c1)CN(C(=S)NC(C)C)CC2. The van der Waals surface area contributed by atoms with Crippen LogP contribution in [0.15, 0.2) is 18.2 Å².